The quantitative estimate of drug-likeness (QED) is 0.873. The van der Waals surface area contributed by atoms with Crippen molar-refractivity contribution in [2.24, 2.45) is 5.92 Å². The highest BCUT2D eigenvalue weighted by atomic mass is 16.2. The topological polar surface area (TPSA) is 61.4 Å². The summed E-state index contributed by atoms with van der Waals surface area (Å²) in [7, 11) is 0. The van der Waals surface area contributed by atoms with E-state index in [-0.39, 0.29) is 23.8 Å². The van der Waals surface area contributed by atoms with E-state index in [9.17, 15) is 9.59 Å². The maximum atomic E-state index is 12.4. The van der Waals surface area contributed by atoms with Gasteiger partial charge in [-0.15, -0.1) is 0 Å². The number of hydrogen-bond donors (Lipinski definition) is 2. The highest BCUT2D eigenvalue weighted by Crippen LogP contribution is 2.15. The molecule has 2 amide bonds. The molecule has 0 aliphatic carbocycles. The summed E-state index contributed by atoms with van der Waals surface area (Å²) >= 11 is 0. The van der Waals surface area contributed by atoms with Crippen molar-refractivity contribution < 1.29 is 9.59 Å². The molecule has 2 aliphatic rings. The van der Waals surface area contributed by atoms with Crippen LogP contribution in [0.25, 0.3) is 0 Å². The molecule has 1 aromatic rings. The molecule has 2 heterocycles. The summed E-state index contributed by atoms with van der Waals surface area (Å²) in [6.07, 6.45) is 1.67. The SMILES string of the molecule is Cc1ccc(C(=O)N2CCC(NC(=O)C3CNC3)CC2)cc1. The first-order chi connectivity index (χ1) is 10.6. The maximum Gasteiger partial charge on any atom is 0.253 e. The van der Waals surface area contributed by atoms with Gasteiger partial charge in [-0.05, 0) is 31.9 Å². The van der Waals surface area contributed by atoms with Gasteiger partial charge in [-0.25, -0.2) is 0 Å². The molecule has 0 radical (unpaired) electrons. The van der Waals surface area contributed by atoms with E-state index in [0.717, 1.165) is 37.1 Å². The first kappa shape index (κ1) is 15.0. The van der Waals surface area contributed by atoms with Crippen molar-refractivity contribution in [3.8, 4) is 0 Å². The molecule has 0 spiro atoms. The minimum atomic E-state index is 0.0907. The van der Waals surface area contributed by atoms with E-state index >= 15 is 0 Å². The van der Waals surface area contributed by atoms with Gasteiger partial charge in [0, 0.05) is 37.8 Å². The summed E-state index contributed by atoms with van der Waals surface area (Å²) in [5.74, 6) is 0.377. The molecule has 0 bridgehead atoms. The third-order valence-electron chi connectivity index (χ3n) is 4.58. The van der Waals surface area contributed by atoms with Gasteiger partial charge in [0.25, 0.3) is 5.91 Å². The lowest BCUT2D eigenvalue weighted by atomic mass is 9.99. The fourth-order valence-electron chi connectivity index (χ4n) is 2.90. The highest BCUT2D eigenvalue weighted by molar-refractivity contribution is 5.94. The average molecular weight is 301 g/mol. The van der Waals surface area contributed by atoms with E-state index in [0.29, 0.717) is 13.1 Å². The first-order valence-corrected chi connectivity index (χ1v) is 8.00. The summed E-state index contributed by atoms with van der Waals surface area (Å²) in [5, 5.41) is 6.22. The number of hydrogen-bond acceptors (Lipinski definition) is 3. The Morgan fingerprint density at radius 2 is 1.77 bits per heavy atom. The molecule has 0 aromatic heterocycles. The fraction of sp³-hybridized carbons (Fsp3) is 0.529. The zero-order valence-electron chi connectivity index (χ0n) is 13.0. The lowest BCUT2D eigenvalue weighted by molar-refractivity contribution is -0.127. The second-order valence-corrected chi connectivity index (χ2v) is 6.30. The Hall–Kier alpha value is -1.88. The summed E-state index contributed by atoms with van der Waals surface area (Å²) in [5.41, 5.74) is 1.90. The van der Waals surface area contributed by atoms with Gasteiger partial charge in [-0.2, -0.15) is 0 Å². The third-order valence-corrected chi connectivity index (χ3v) is 4.58. The van der Waals surface area contributed by atoms with Crippen LogP contribution in [0, 0.1) is 12.8 Å². The first-order valence-electron chi connectivity index (χ1n) is 8.00. The second-order valence-electron chi connectivity index (χ2n) is 6.30. The monoisotopic (exact) mass is 301 g/mol. The predicted molar refractivity (Wildman–Crippen MR) is 84.6 cm³/mol. The highest BCUT2D eigenvalue weighted by Gasteiger charge is 2.29. The maximum absolute atomic E-state index is 12.4. The Bertz CT molecular complexity index is 544. The van der Waals surface area contributed by atoms with E-state index in [1.807, 2.05) is 36.1 Å². The van der Waals surface area contributed by atoms with Crippen molar-refractivity contribution in [1.82, 2.24) is 15.5 Å². The third kappa shape index (κ3) is 3.30. The van der Waals surface area contributed by atoms with Crippen LogP contribution in [-0.4, -0.2) is 48.9 Å². The molecular formula is C17H23N3O2. The normalized spacial score (nSPS) is 19.6. The van der Waals surface area contributed by atoms with Crippen molar-refractivity contribution in [3.05, 3.63) is 35.4 Å². The summed E-state index contributed by atoms with van der Waals surface area (Å²) in [4.78, 5) is 26.3. The standard InChI is InChI=1S/C17H23N3O2/c1-12-2-4-13(5-3-12)17(22)20-8-6-15(7-9-20)19-16(21)14-10-18-11-14/h2-5,14-15,18H,6-11H2,1H3,(H,19,21). The number of carbonyl (C=O) groups is 2. The van der Waals surface area contributed by atoms with Crippen molar-refractivity contribution in [1.29, 1.82) is 0 Å². The largest absolute Gasteiger partial charge is 0.353 e. The van der Waals surface area contributed by atoms with Gasteiger partial charge in [-0.3, -0.25) is 9.59 Å². The summed E-state index contributed by atoms with van der Waals surface area (Å²) in [6, 6.07) is 7.90. The Labute approximate surface area is 131 Å². The molecule has 2 aliphatic heterocycles. The van der Waals surface area contributed by atoms with Crippen LogP contribution >= 0.6 is 0 Å². The summed E-state index contributed by atoms with van der Waals surface area (Å²) < 4.78 is 0. The molecular weight excluding hydrogens is 278 g/mol. The van der Waals surface area contributed by atoms with Crippen LogP contribution in [0.5, 0.6) is 0 Å². The number of nitrogens with zero attached hydrogens (tertiary/aromatic N) is 1. The van der Waals surface area contributed by atoms with Crippen molar-refractivity contribution in [3.63, 3.8) is 0 Å². The molecule has 0 unspecified atom stereocenters. The van der Waals surface area contributed by atoms with Crippen molar-refractivity contribution in [2.45, 2.75) is 25.8 Å². The number of carbonyl (C=O) groups excluding carboxylic acids is 2. The molecule has 2 saturated heterocycles. The molecule has 118 valence electrons. The fourth-order valence-corrected chi connectivity index (χ4v) is 2.90. The number of nitrogens with one attached hydrogen (secondary N) is 2. The molecule has 0 atom stereocenters. The van der Waals surface area contributed by atoms with Crippen LogP contribution in [0.15, 0.2) is 24.3 Å². The lowest BCUT2D eigenvalue weighted by Crippen LogP contribution is -2.54. The number of amides is 2. The van der Waals surface area contributed by atoms with Crippen LogP contribution < -0.4 is 10.6 Å². The number of piperidine rings is 1. The number of rotatable bonds is 3. The van der Waals surface area contributed by atoms with Crippen LogP contribution in [0.4, 0.5) is 0 Å². The second kappa shape index (κ2) is 6.48. The van der Waals surface area contributed by atoms with E-state index in [1.165, 1.54) is 0 Å². The van der Waals surface area contributed by atoms with Gasteiger partial charge in [0.05, 0.1) is 5.92 Å². The van der Waals surface area contributed by atoms with Gasteiger partial charge >= 0.3 is 0 Å². The molecule has 5 nitrogen and oxygen atoms in total. The minimum Gasteiger partial charge on any atom is -0.353 e. The van der Waals surface area contributed by atoms with E-state index < -0.39 is 0 Å². The van der Waals surface area contributed by atoms with Crippen molar-refractivity contribution in [2.75, 3.05) is 26.2 Å². The Kier molecular flexibility index (Phi) is 4.43. The number of likely N-dealkylation sites (tertiary alicyclic amines) is 1. The molecule has 2 fully saturated rings. The van der Waals surface area contributed by atoms with Crippen LogP contribution in [0.3, 0.4) is 0 Å². The van der Waals surface area contributed by atoms with Crippen LogP contribution in [0.2, 0.25) is 0 Å². The summed E-state index contributed by atoms with van der Waals surface area (Å²) in [6.45, 7) is 5.01. The van der Waals surface area contributed by atoms with Crippen LogP contribution in [-0.2, 0) is 4.79 Å². The van der Waals surface area contributed by atoms with Gasteiger partial charge < -0.3 is 15.5 Å². The van der Waals surface area contributed by atoms with E-state index in [2.05, 4.69) is 10.6 Å². The van der Waals surface area contributed by atoms with Crippen LogP contribution in [0.1, 0.15) is 28.8 Å². The molecule has 22 heavy (non-hydrogen) atoms. The number of aryl methyl sites for hydroxylation is 1. The van der Waals surface area contributed by atoms with Gasteiger partial charge in [-0.1, -0.05) is 17.7 Å². The molecule has 3 rings (SSSR count). The Balaban J connectivity index is 1.49. The number of benzene rings is 1. The zero-order valence-corrected chi connectivity index (χ0v) is 13.0. The molecule has 1 aromatic carbocycles. The van der Waals surface area contributed by atoms with Gasteiger partial charge in [0.15, 0.2) is 0 Å². The van der Waals surface area contributed by atoms with E-state index in [4.69, 9.17) is 0 Å². The predicted octanol–water partition coefficient (Wildman–Crippen LogP) is 0.935. The van der Waals surface area contributed by atoms with Gasteiger partial charge in [0.2, 0.25) is 5.91 Å². The van der Waals surface area contributed by atoms with Gasteiger partial charge in [0.1, 0.15) is 0 Å². The van der Waals surface area contributed by atoms with E-state index in [1.54, 1.807) is 0 Å². The minimum absolute atomic E-state index is 0.0907. The Morgan fingerprint density at radius 3 is 2.32 bits per heavy atom. The Morgan fingerprint density at radius 1 is 1.14 bits per heavy atom. The average Bonchev–Trinajstić information content (AvgIpc) is 2.46. The smallest absolute Gasteiger partial charge is 0.253 e. The molecule has 0 saturated carbocycles. The molecule has 5 heteroatoms. The lowest BCUT2D eigenvalue weighted by Gasteiger charge is -2.34. The van der Waals surface area contributed by atoms with Crippen molar-refractivity contribution >= 4 is 11.8 Å². The zero-order chi connectivity index (χ0) is 15.5. The molecule has 2 N–H and O–H groups in total.